The van der Waals surface area contributed by atoms with Gasteiger partial charge in [-0.3, -0.25) is 8.80 Å². The molecule has 48 heavy (non-hydrogen) atoms. The molecule has 0 saturated heterocycles. The van der Waals surface area contributed by atoms with Gasteiger partial charge in [0.1, 0.15) is 35.9 Å². The Morgan fingerprint density at radius 1 is 0.667 bits per heavy atom. The maximum atomic E-state index is 14.5. The van der Waals surface area contributed by atoms with E-state index in [1.165, 1.54) is 12.1 Å². The number of anilines is 4. The Bertz CT molecular complexity index is 2510. The lowest BCUT2D eigenvalue weighted by atomic mass is 10.1. The van der Waals surface area contributed by atoms with Crippen LogP contribution in [0.2, 0.25) is 0 Å². The molecule has 0 amide bonds. The summed E-state index contributed by atoms with van der Waals surface area (Å²) < 4.78 is 32.4. The molecule has 0 spiro atoms. The first-order valence-electron chi connectivity index (χ1n) is 14.7. The highest BCUT2D eigenvalue weighted by atomic mass is 79.9. The van der Waals surface area contributed by atoms with Gasteiger partial charge in [-0.05, 0) is 71.4 Å². The van der Waals surface area contributed by atoms with Crippen molar-refractivity contribution in [2.45, 2.75) is 6.92 Å². The second-order valence-corrected chi connectivity index (χ2v) is 11.5. The Labute approximate surface area is 281 Å². The van der Waals surface area contributed by atoms with Crippen molar-refractivity contribution in [2.24, 2.45) is 0 Å². The summed E-state index contributed by atoms with van der Waals surface area (Å²) in [6.07, 6.45) is 3.14. The van der Waals surface area contributed by atoms with E-state index in [2.05, 4.69) is 58.1 Å². The number of hydrogen-bond acceptors (Lipinski definition) is 8. The quantitative estimate of drug-likeness (QED) is 0.174. The van der Waals surface area contributed by atoms with Gasteiger partial charge in [0.2, 0.25) is 0 Å². The molecule has 10 nitrogen and oxygen atoms in total. The molecule has 8 aromatic rings. The molecule has 4 aromatic heterocycles. The molecule has 0 unspecified atom stereocenters. The van der Waals surface area contributed by atoms with Gasteiger partial charge in [-0.15, -0.1) is 26.3 Å². The molecule has 0 aliphatic carbocycles. The van der Waals surface area contributed by atoms with E-state index in [-0.39, 0.29) is 11.6 Å². The van der Waals surface area contributed by atoms with Gasteiger partial charge in [-0.2, -0.15) is 9.97 Å². The van der Waals surface area contributed by atoms with E-state index in [0.717, 1.165) is 22.4 Å². The summed E-state index contributed by atoms with van der Waals surface area (Å²) in [6.45, 7) is 1.68. The lowest BCUT2D eigenvalue weighted by Gasteiger charge is -2.20. The lowest BCUT2D eigenvalue weighted by Crippen LogP contribution is -2.13. The van der Waals surface area contributed by atoms with Gasteiger partial charge in [-0.25, -0.2) is 8.78 Å². The molecule has 4 heterocycles. The normalized spacial score (nSPS) is 11.0. The van der Waals surface area contributed by atoms with Crippen LogP contribution in [0.15, 0.2) is 102 Å². The topological polar surface area (TPSA) is 92.6 Å². The highest BCUT2D eigenvalue weighted by Crippen LogP contribution is 2.33. The predicted molar refractivity (Wildman–Crippen MR) is 186 cm³/mol. The number of para-hydroxylation sites is 2. The monoisotopic (exact) mass is 702 g/mol. The average Bonchev–Trinajstić information content (AvgIpc) is 3.79. The van der Waals surface area contributed by atoms with Crippen molar-refractivity contribution < 1.29 is 8.78 Å². The van der Waals surface area contributed by atoms with Crippen molar-refractivity contribution in [3.8, 4) is 11.8 Å². The molecule has 0 radical (unpaired) electrons. The van der Waals surface area contributed by atoms with Crippen LogP contribution in [0.25, 0.3) is 33.4 Å². The Balaban J connectivity index is 0.000000152. The van der Waals surface area contributed by atoms with Crippen LogP contribution >= 0.6 is 15.9 Å². The molecule has 0 aliphatic rings. The van der Waals surface area contributed by atoms with E-state index < -0.39 is 0 Å². The van der Waals surface area contributed by atoms with Crippen LogP contribution in [0.4, 0.5) is 31.8 Å². The zero-order chi connectivity index (χ0) is 33.4. The van der Waals surface area contributed by atoms with E-state index in [4.69, 9.17) is 0 Å². The third-order valence-electron chi connectivity index (χ3n) is 7.78. The first kappa shape index (κ1) is 30.6. The lowest BCUT2D eigenvalue weighted by molar-refractivity contribution is 0.623. The Morgan fingerprint density at radius 3 is 1.65 bits per heavy atom. The molecule has 0 aliphatic heterocycles. The Morgan fingerprint density at radius 2 is 1.15 bits per heavy atom. The smallest absolute Gasteiger partial charge is 0.257 e. The molecule has 8 rings (SSSR count). The van der Waals surface area contributed by atoms with Gasteiger partial charge in [0.25, 0.3) is 11.6 Å². The van der Waals surface area contributed by atoms with Crippen LogP contribution in [0, 0.1) is 23.5 Å². The van der Waals surface area contributed by atoms with E-state index in [1.807, 2.05) is 84.6 Å². The zero-order valence-electron chi connectivity index (χ0n) is 25.8. The SMILES string of the molecule is CC#Cc1cc2c(cc1F)c(N(C)c1ccccc1)nc1nncn12.CN(c1ccccc1)c1nc2nncn2c2cc(Br)c(F)cc12. The summed E-state index contributed by atoms with van der Waals surface area (Å²) in [6, 6.07) is 25.9. The number of nitrogens with zero attached hydrogens (tertiary/aromatic N) is 10. The van der Waals surface area contributed by atoms with Crippen LogP contribution in [-0.4, -0.2) is 53.3 Å². The maximum Gasteiger partial charge on any atom is 0.257 e. The second-order valence-electron chi connectivity index (χ2n) is 10.7. The molecule has 0 saturated carbocycles. The molecule has 4 aromatic carbocycles. The maximum absolute atomic E-state index is 14.5. The third kappa shape index (κ3) is 5.52. The van der Waals surface area contributed by atoms with Gasteiger partial charge >= 0.3 is 0 Å². The van der Waals surface area contributed by atoms with Crippen LogP contribution < -0.4 is 9.80 Å². The van der Waals surface area contributed by atoms with Gasteiger partial charge in [0, 0.05) is 36.2 Å². The summed E-state index contributed by atoms with van der Waals surface area (Å²) in [5, 5.41) is 17.2. The van der Waals surface area contributed by atoms with Crippen molar-refractivity contribution in [3.05, 3.63) is 119 Å². The minimum Gasteiger partial charge on any atom is -0.329 e. The van der Waals surface area contributed by atoms with Crippen molar-refractivity contribution in [2.75, 3.05) is 23.9 Å². The fraction of sp³-hybridized carbons (Fsp3) is 0.0857. The van der Waals surface area contributed by atoms with E-state index in [1.54, 1.807) is 40.5 Å². The molecule has 13 heteroatoms. The van der Waals surface area contributed by atoms with Gasteiger partial charge in [0.15, 0.2) is 0 Å². The Hall–Kier alpha value is -6.00. The first-order chi connectivity index (χ1) is 23.3. The molecule has 236 valence electrons. The summed E-state index contributed by atoms with van der Waals surface area (Å²) in [7, 11) is 3.78. The highest BCUT2D eigenvalue weighted by molar-refractivity contribution is 9.10. The first-order valence-corrected chi connectivity index (χ1v) is 15.4. The largest absolute Gasteiger partial charge is 0.329 e. The van der Waals surface area contributed by atoms with Gasteiger partial charge in [-0.1, -0.05) is 42.3 Å². The highest BCUT2D eigenvalue weighted by Gasteiger charge is 2.18. The number of fused-ring (bicyclic) bond motifs is 6. The standard InChI is InChI=1S/C19H14FN5.C16H11BrFN5/c1-3-7-13-10-17-15(11-16(13)20)18(22-19-23-21-12-25(17)19)24(2)14-8-5-4-6-9-14;1-22(10-5-3-2-4-6-10)15-11-7-13(18)12(17)8-14(11)23-9-19-21-16(23)20-15/h4-6,8-12H,1-2H3;2-9H,1H3. The number of aromatic nitrogens is 8. The summed E-state index contributed by atoms with van der Waals surface area (Å²) >= 11 is 3.23. The number of benzene rings is 4. The second kappa shape index (κ2) is 12.7. The molecule has 0 atom stereocenters. The van der Waals surface area contributed by atoms with E-state index in [9.17, 15) is 8.78 Å². The zero-order valence-corrected chi connectivity index (χ0v) is 27.4. The number of rotatable bonds is 4. The number of hydrogen-bond donors (Lipinski definition) is 0. The molecule has 0 N–H and O–H groups in total. The molecule has 0 bridgehead atoms. The molecular weight excluding hydrogens is 678 g/mol. The van der Waals surface area contributed by atoms with Crippen molar-refractivity contribution in [1.82, 2.24) is 39.2 Å². The molecular formula is C35H25BrF2N10. The van der Waals surface area contributed by atoms with Crippen molar-refractivity contribution >= 4 is 72.3 Å². The average molecular weight is 704 g/mol. The summed E-state index contributed by atoms with van der Waals surface area (Å²) in [5.41, 5.74) is 3.77. The van der Waals surface area contributed by atoms with Crippen LogP contribution in [0.3, 0.4) is 0 Å². The third-order valence-corrected chi connectivity index (χ3v) is 8.39. The van der Waals surface area contributed by atoms with Crippen molar-refractivity contribution in [1.29, 1.82) is 0 Å². The minimum absolute atomic E-state index is 0.338. The van der Waals surface area contributed by atoms with Crippen LogP contribution in [-0.2, 0) is 0 Å². The van der Waals surface area contributed by atoms with Crippen LogP contribution in [0.1, 0.15) is 12.5 Å². The summed E-state index contributed by atoms with van der Waals surface area (Å²) in [5.74, 6) is 6.96. The summed E-state index contributed by atoms with van der Waals surface area (Å²) in [4.78, 5) is 12.9. The minimum atomic E-state index is -0.376. The number of halogens is 3. The van der Waals surface area contributed by atoms with E-state index >= 15 is 0 Å². The fourth-order valence-corrected chi connectivity index (χ4v) is 5.74. The van der Waals surface area contributed by atoms with Crippen LogP contribution in [0.5, 0.6) is 0 Å². The van der Waals surface area contributed by atoms with E-state index in [0.29, 0.717) is 44.0 Å². The van der Waals surface area contributed by atoms with Crippen molar-refractivity contribution in [3.63, 3.8) is 0 Å². The molecule has 0 fully saturated rings. The predicted octanol–water partition coefficient (Wildman–Crippen LogP) is 7.50. The Kier molecular flexibility index (Phi) is 8.08. The fourth-order valence-electron chi connectivity index (χ4n) is 5.40. The van der Waals surface area contributed by atoms with Gasteiger partial charge < -0.3 is 9.80 Å². The van der Waals surface area contributed by atoms with Gasteiger partial charge in [0.05, 0.1) is 21.1 Å².